The number of anilines is 1. The Bertz CT molecular complexity index is 580. The number of ether oxygens (including phenoxy) is 1. The molecule has 1 aromatic carbocycles. The van der Waals surface area contributed by atoms with Crippen LogP contribution in [0, 0.1) is 0 Å². The summed E-state index contributed by atoms with van der Waals surface area (Å²) in [6, 6.07) is 7.61. The first-order chi connectivity index (χ1) is 9.70. The fourth-order valence-electron chi connectivity index (χ4n) is 2.01. The normalized spacial score (nSPS) is 10.8. The average molecular weight is 292 g/mol. The number of benzene rings is 1. The third kappa shape index (κ3) is 3.95. The molecule has 0 unspecified atom stereocenters. The van der Waals surface area contributed by atoms with Crippen LogP contribution in [0.25, 0.3) is 10.1 Å². The molecule has 1 amide bonds. The Morgan fingerprint density at radius 1 is 1.30 bits per heavy atom. The van der Waals surface area contributed by atoms with Crippen molar-refractivity contribution in [1.29, 1.82) is 0 Å². The maximum absolute atomic E-state index is 12.0. The van der Waals surface area contributed by atoms with E-state index >= 15 is 0 Å². The second kappa shape index (κ2) is 7.26. The quantitative estimate of drug-likeness (QED) is 0.609. The Kier molecular flexibility index (Phi) is 5.38. The van der Waals surface area contributed by atoms with Gasteiger partial charge in [-0.05, 0) is 48.9 Å². The third-order valence-corrected chi connectivity index (χ3v) is 4.19. The number of nitrogens with one attached hydrogen (secondary N) is 1. The molecule has 1 aromatic heterocycles. The van der Waals surface area contributed by atoms with E-state index in [-0.39, 0.29) is 5.91 Å². The van der Waals surface area contributed by atoms with Crippen LogP contribution in [0.5, 0.6) is 0 Å². The zero-order chi connectivity index (χ0) is 14.4. The molecule has 0 saturated carbocycles. The molecule has 2 rings (SSSR count). The minimum Gasteiger partial charge on any atom is -0.399 e. The molecule has 0 fully saturated rings. The van der Waals surface area contributed by atoms with Crippen molar-refractivity contribution in [3.05, 3.63) is 29.1 Å². The Morgan fingerprint density at radius 2 is 2.15 bits per heavy atom. The largest absolute Gasteiger partial charge is 0.399 e. The standard InChI is InChI=1S/C15H20N2O2S/c1-19-8-4-2-3-7-17-15(18)14-10-11-9-12(16)5-6-13(11)20-14/h5-6,9-10H,2-4,7-8,16H2,1H3,(H,17,18). The van der Waals surface area contributed by atoms with Crippen LogP contribution in [0.4, 0.5) is 5.69 Å². The van der Waals surface area contributed by atoms with Crippen molar-refractivity contribution in [2.24, 2.45) is 0 Å². The first-order valence-electron chi connectivity index (χ1n) is 6.77. The summed E-state index contributed by atoms with van der Waals surface area (Å²) < 4.78 is 6.07. The zero-order valence-corrected chi connectivity index (χ0v) is 12.5. The lowest BCUT2D eigenvalue weighted by Crippen LogP contribution is -2.23. The number of hydrogen-bond donors (Lipinski definition) is 2. The lowest BCUT2D eigenvalue weighted by Gasteiger charge is -2.03. The van der Waals surface area contributed by atoms with E-state index in [2.05, 4.69) is 5.32 Å². The second-order valence-corrected chi connectivity index (χ2v) is 5.80. The van der Waals surface area contributed by atoms with Crippen LogP contribution >= 0.6 is 11.3 Å². The number of fused-ring (bicyclic) bond motifs is 1. The molecule has 3 N–H and O–H groups in total. The van der Waals surface area contributed by atoms with Gasteiger partial charge in [-0.1, -0.05) is 0 Å². The topological polar surface area (TPSA) is 64.3 Å². The number of hydrogen-bond acceptors (Lipinski definition) is 4. The molecule has 0 aliphatic rings. The van der Waals surface area contributed by atoms with Crippen LogP contribution in [0.2, 0.25) is 0 Å². The van der Waals surface area contributed by atoms with Crippen LogP contribution in [-0.2, 0) is 4.74 Å². The van der Waals surface area contributed by atoms with Crippen molar-refractivity contribution in [2.45, 2.75) is 19.3 Å². The Labute approximate surface area is 122 Å². The van der Waals surface area contributed by atoms with Gasteiger partial charge in [0.2, 0.25) is 0 Å². The van der Waals surface area contributed by atoms with E-state index in [1.807, 2.05) is 24.3 Å². The van der Waals surface area contributed by atoms with Gasteiger partial charge in [-0.2, -0.15) is 0 Å². The molecule has 0 aliphatic heterocycles. The van der Waals surface area contributed by atoms with Gasteiger partial charge in [0.25, 0.3) is 5.91 Å². The molecule has 20 heavy (non-hydrogen) atoms. The maximum atomic E-state index is 12.0. The van der Waals surface area contributed by atoms with Crippen LogP contribution in [0.1, 0.15) is 28.9 Å². The number of methoxy groups -OCH3 is 1. The van der Waals surface area contributed by atoms with E-state index < -0.39 is 0 Å². The van der Waals surface area contributed by atoms with Crippen LogP contribution in [-0.4, -0.2) is 26.2 Å². The number of unbranched alkanes of at least 4 members (excludes halogenated alkanes) is 2. The molecular weight excluding hydrogens is 272 g/mol. The molecule has 0 aliphatic carbocycles. The summed E-state index contributed by atoms with van der Waals surface area (Å²) in [5, 5.41) is 3.98. The molecule has 1 heterocycles. The number of nitrogen functional groups attached to an aromatic ring is 1. The molecule has 0 bridgehead atoms. The molecule has 4 nitrogen and oxygen atoms in total. The van der Waals surface area contributed by atoms with E-state index in [1.165, 1.54) is 11.3 Å². The molecule has 0 saturated heterocycles. The van der Waals surface area contributed by atoms with Crippen molar-refractivity contribution in [1.82, 2.24) is 5.32 Å². The van der Waals surface area contributed by atoms with Gasteiger partial charge in [-0.15, -0.1) is 11.3 Å². The number of carbonyl (C=O) groups is 1. The summed E-state index contributed by atoms with van der Waals surface area (Å²) in [7, 11) is 1.70. The van der Waals surface area contributed by atoms with Gasteiger partial charge < -0.3 is 15.8 Å². The predicted molar refractivity (Wildman–Crippen MR) is 84.3 cm³/mol. The van der Waals surface area contributed by atoms with Crippen LogP contribution in [0.15, 0.2) is 24.3 Å². The maximum Gasteiger partial charge on any atom is 0.261 e. The minimum atomic E-state index is -0.00323. The molecule has 0 atom stereocenters. The molecule has 5 heteroatoms. The highest BCUT2D eigenvalue weighted by Crippen LogP contribution is 2.27. The van der Waals surface area contributed by atoms with Gasteiger partial charge in [0.15, 0.2) is 0 Å². The van der Waals surface area contributed by atoms with Crippen molar-refractivity contribution < 1.29 is 9.53 Å². The van der Waals surface area contributed by atoms with Gasteiger partial charge in [-0.3, -0.25) is 4.79 Å². The first kappa shape index (κ1) is 14.8. The van der Waals surface area contributed by atoms with E-state index in [0.29, 0.717) is 6.54 Å². The summed E-state index contributed by atoms with van der Waals surface area (Å²) in [4.78, 5) is 12.8. The lowest BCUT2D eigenvalue weighted by molar-refractivity contribution is 0.0956. The SMILES string of the molecule is COCCCCCNC(=O)c1cc2cc(N)ccc2s1. The monoisotopic (exact) mass is 292 g/mol. The first-order valence-corrected chi connectivity index (χ1v) is 7.58. The molecule has 0 radical (unpaired) electrons. The number of amides is 1. The molecule has 0 spiro atoms. The summed E-state index contributed by atoms with van der Waals surface area (Å²) in [6.45, 7) is 1.49. The van der Waals surface area contributed by atoms with Gasteiger partial charge in [-0.25, -0.2) is 0 Å². The van der Waals surface area contributed by atoms with Crippen LogP contribution in [0.3, 0.4) is 0 Å². The van der Waals surface area contributed by atoms with Gasteiger partial charge in [0.05, 0.1) is 4.88 Å². The summed E-state index contributed by atoms with van der Waals surface area (Å²) in [6.07, 6.45) is 3.08. The highest BCUT2D eigenvalue weighted by molar-refractivity contribution is 7.20. The molecule has 2 aromatic rings. The Balaban J connectivity index is 1.85. The number of nitrogens with two attached hydrogens (primary N) is 1. The van der Waals surface area contributed by atoms with Crippen LogP contribution < -0.4 is 11.1 Å². The summed E-state index contributed by atoms with van der Waals surface area (Å²) in [5.74, 6) is -0.00323. The zero-order valence-electron chi connectivity index (χ0n) is 11.6. The molecular formula is C15H20N2O2S. The highest BCUT2D eigenvalue weighted by Gasteiger charge is 2.09. The van der Waals surface area contributed by atoms with Crippen molar-refractivity contribution in [3.8, 4) is 0 Å². The van der Waals surface area contributed by atoms with Crippen molar-refractivity contribution in [3.63, 3.8) is 0 Å². The van der Waals surface area contributed by atoms with Crippen molar-refractivity contribution in [2.75, 3.05) is 26.0 Å². The predicted octanol–water partition coefficient (Wildman–Crippen LogP) is 3.03. The smallest absolute Gasteiger partial charge is 0.261 e. The van der Waals surface area contributed by atoms with E-state index in [0.717, 1.165) is 46.5 Å². The van der Waals surface area contributed by atoms with E-state index in [1.54, 1.807) is 7.11 Å². The Morgan fingerprint density at radius 3 is 2.95 bits per heavy atom. The number of rotatable bonds is 7. The summed E-state index contributed by atoms with van der Waals surface area (Å²) in [5.41, 5.74) is 6.46. The Hall–Kier alpha value is -1.59. The molecule has 108 valence electrons. The van der Waals surface area contributed by atoms with Gasteiger partial charge >= 0.3 is 0 Å². The average Bonchev–Trinajstić information content (AvgIpc) is 2.85. The minimum absolute atomic E-state index is 0.00323. The fraction of sp³-hybridized carbons (Fsp3) is 0.400. The van der Waals surface area contributed by atoms with Gasteiger partial charge in [0, 0.05) is 30.6 Å². The van der Waals surface area contributed by atoms with Gasteiger partial charge in [0.1, 0.15) is 0 Å². The van der Waals surface area contributed by atoms with Crippen molar-refractivity contribution >= 4 is 33.0 Å². The van der Waals surface area contributed by atoms with E-state index in [4.69, 9.17) is 10.5 Å². The van der Waals surface area contributed by atoms with E-state index in [9.17, 15) is 4.79 Å². The number of carbonyl (C=O) groups excluding carboxylic acids is 1. The third-order valence-electron chi connectivity index (χ3n) is 3.07. The highest BCUT2D eigenvalue weighted by atomic mass is 32.1. The summed E-state index contributed by atoms with van der Waals surface area (Å²) >= 11 is 1.50. The second-order valence-electron chi connectivity index (χ2n) is 4.72. The fourth-order valence-corrected chi connectivity index (χ4v) is 2.97. The lowest BCUT2D eigenvalue weighted by atomic mass is 10.2. The number of thiophene rings is 1.